The molecule has 9 nitrogen and oxygen atoms in total. The van der Waals surface area contributed by atoms with E-state index in [9.17, 15) is 40.4 Å². The van der Waals surface area contributed by atoms with Gasteiger partial charge in [-0.2, -0.15) is 17.5 Å². The van der Waals surface area contributed by atoms with E-state index in [1.54, 1.807) is 0 Å². The highest BCUT2D eigenvalue weighted by Crippen LogP contribution is 2.32. The fourth-order valence-corrected chi connectivity index (χ4v) is 6.53. The SMILES string of the molecule is Cn1c(=O)c(CCC(=O)[C@@H]2CCCN2S(=O)(=O)c2cc3cc(F)ccc3o2)cn(-c2ccc(C(F)(F)F)cc2)c1=O. The van der Waals surface area contributed by atoms with Crippen LogP contribution in [0.3, 0.4) is 0 Å². The summed E-state index contributed by atoms with van der Waals surface area (Å²) in [6.07, 6.45) is -3.11. The van der Waals surface area contributed by atoms with Crippen LogP contribution in [-0.2, 0) is 34.5 Å². The van der Waals surface area contributed by atoms with Crippen molar-refractivity contribution in [2.75, 3.05) is 6.54 Å². The zero-order valence-electron chi connectivity index (χ0n) is 21.5. The van der Waals surface area contributed by atoms with Gasteiger partial charge in [-0.15, -0.1) is 0 Å². The average molecular weight is 594 g/mol. The fraction of sp³-hybridized carbons (Fsp3) is 0.296. The summed E-state index contributed by atoms with van der Waals surface area (Å²) in [7, 11) is -3.03. The number of hydrogen-bond acceptors (Lipinski definition) is 6. The minimum atomic E-state index is -4.57. The maximum absolute atomic E-state index is 13.6. The van der Waals surface area contributed by atoms with Crippen molar-refractivity contribution in [1.82, 2.24) is 13.4 Å². The number of Topliss-reactive ketones (excluding diaryl/α,β-unsaturated/α-hetero) is 1. The first-order valence-corrected chi connectivity index (χ1v) is 13.9. The minimum Gasteiger partial charge on any atom is -0.443 e. The molecular formula is C27H23F4N3O6S. The van der Waals surface area contributed by atoms with E-state index in [-0.39, 0.29) is 48.0 Å². The quantitative estimate of drug-likeness (QED) is 0.302. The Labute approximate surface area is 230 Å². The fourth-order valence-electron chi connectivity index (χ4n) is 4.90. The number of carbonyl (C=O) groups excluding carboxylic acids is 1. The lowest BCUT2D eigenvalue weighted by molar-refractivity contribution is -0.137. The van der Waals surface area contributed by atoms with Gasteiger partial charge in [-0.1, -0.05) is 0 Å². The molecule has 2 aromatic heterocycles. The van der Waals surface area contributed by atoms with E-state index in [0.717, 1.165) is 49.8 Å². The number of aromatic nitrogens is 2. The third-order valence-corrected chi connectivity index (χ3v) is 8.83. The van der Waals surface area contributed by atoms with Crippen LogP contribution < -0.4 is 11.2 Å². The van der Waals surface area contributed by atoms with Crippen LogP contribution in [-0.4, -0.2) is 40.2 Å². The molecule has 0 aliphatic carbocycles. The number of carbonyl (C=O) groups is 1. The zero-order valence-corrected chi connectivity index (χ0v) is 22.3. The molecule has 1 aliphatic heterocycles. The van der Waals surface area contributed by atoms with E-state index in [1.807, 2.05) is 0 Å². The highest BCUT2D eigenvalue weighted by Gasteiger charge is 2.40. The van der Waals surface area contributed by atoms with E-state index < -0.39 is 55.7 Å². The Morgan fingerprint density at radius 1 is 1.07 bits per heavy atom. The van der Waals surface area contributed by atoms with Crippen molar-refractivity contribution in [2.24, 2.45) is 7.05 Å². The van der Waals surface area contributed by atoms with Gasteiger partial charge in [0.25, 0.3) is 15.6 Å². The normalized spacial score (nSPS) is 16.5. The van der Waals surface area contributed by atoms with Crippen LogP contribution in [0, 0.1) is 5.82 Å². The van der Waals surface area contributed by atoms with Crippen LogP contribution in [0.2, 0.25) is 0 Å². The first-order chi connectivity index (χ1) is 19.3. The highest BCUT2D eigenvalue weighted by atomic mass is 32.2. The third-order valence-electron chi connectivity index (χ3n) is 7.06. The zero-order chi connectivity index (χ0) is 29.7. The maximum Gasteiger partial charge on any atom is 0.416 e. The standard InChI is InChI=1S/C27H23F4N3O6S/c1-32-25(36)16(15-33(26(32)37)20-8-5-18(6-9-20)27(29,30)31)4-10-22(35)21-3-2-12-34(21)41(38,39)24-14-17-13-19(28)7-11-23(17)40-24/h5-9,11,13-15,21H,2-4,10,12H2,1H3/t21-/m0/s1. The molecule has 216 valence electrons. The number of ketones is 1. The number of halogens is 4. The predicted molar refractivity (Wildman–Crippen MR) is 139 cm³/mol. The molecule has 0 radical (unpaired) electrons. The average Bonchev–Trinajstić information content (AvgIpc) is 3.59. The van der Waals surface area contributed by atoms with Crippen molar-refractivity contribution in [3.8, 4) is 5.69 Å². The molecule has 14 heteroatoms. The van der Waals surface area contributed by atoms with Gasteiger partial charge in [0.2, 0.25) is 5.09 Å². The van der Waals surface area contributed by atoms with Gasteiger partial charge in [-0.3, -0.25) is 18.7 Å². The number of fused-ring (bicyclic) bond motifs is 1. The van der Waals surface area contributed by atoms with Gasteiger partial charge in [0.15, 0.2) is 5.78 Å². The van der Waals surface area contributed by atoms with Crippen molar-refractivity contribution < 1.29 is 35.2 Å². The topological polar surface area (TPSA) is 112 Å². The van der Waals surface area contributed by atoms with Gasteiger partial charge in [0.05, 0.1) is 17.3 Å². The summed E-state index contributed by atoms with van der Waals surface area (Å²) in [5.41, 5.74) is -2.07. The lowest BCUT2D eigenvalue weighted by atomic mass is 10.0. The molecule has 1 saturated heterocycles. The van der Waals surface area contributed by atoms with E-state index in [2.05, 4.69) is 0 Å². The molecule has 2 aromatic carbocycles. The Bertz CT molecular complexity index is 1870. The van der Waals surface area contributed by atoms with Crippen LogP contribution in [0.5, 0.6) is 0 Å². The number of aryl methyl sites for hydroxylation is 1. The number of rotatable bonds is 7. The number of hydrogen-bond donors (Lipinski definition) is 0. The van der Waals surface area contributed by atoms with E-state index in [0.29, 0.717) is 6.42 Å². The monoisotopic (exact) mass is 593 g/mol. The summed E-state index contributed by atoms with van der Waals surface area (Å²) >= 11 is 0. The molecule has 1 fully saturated rings. The van der Waals surface area contributed by atoms with Gasteiger partial charge >= 0.3 is 11.9 Å². The van der Waals surface area contributed by atoms with Gasteiger partial charge < -0.3 is 4.42 Å². The van der Waals surface area contributed by atoms with Gasteiger partial charge in [0.1, 0.15) is 11.4 Å². The smallest absolute Gasteiger partial charge is 0.416 e. The number of sulfonamides is 1. The summed E-state index contributed by atoms with van der Waals surface area (Å²) in [6.45, 7) is 0.0602. The predicted octanol–water partition coefficient (Wildman–Crippen LogP) is 3.80. The van der Waals surface area contributed by atoms with Crippen LogP contribution in [0.1, 0.15) is 30.4 Å². The summed E-state index contributed by atoms with van der Waals surface area (Å²) < 4.78 is 87.3. The van der Waals surface area contributed by atoms with Gasteiger partial charge in [-0.05, 0) is 61.7 Å². The Morgan fingerprint density at radius 3 is 2.46 bits per heavy atom. The molecule has 0 amide bonds. The van der Waals surface area contributed by atoms with Gasteiger partial charge in [0, 0.05) is 43.2 Å². The third kappa shape index (κ3) is 5.36. The van der Waals surface area contributed by atoms with E-state index in [1.165, 1.54) is 25.4 Å². The second kappa shape index (κ2) is 10.4. The van der Waals surface area contributed by atoms with E-state index >= 15 is 0 Å². The Kier molecular flexibility index (Phi) is 7.24. The second-order valence-corrected chi connectivity index (χ2v) is 11.5. The number of furan rings is 1. The molecule has 0 saturated carbocycles. The van der Waals surface area contributed by atoms with Crippen LogP contribution in [0.4, 0.5) is 17.6 Å². The van der Waals surface area contributed by atoms with Crippen LogP contribution >= 0.6 is 0 Å². The second-order valence-electron chi connectivity index (χ2n) is 9.70. The van der Waals surface area contributed by atoms with Gasteiger partial charge in [-0.25, -0.2) is 17.6 Å². The maximum atomic E-state index is 13.6. The molecule has 0 unspecified atom stereocenters. The highest BCUT2D eigenvalue weighted by molar-refractivity contribution is 7.89. The molecule has 3 heterocycles. The van der Waals surface area contributed by atoms with Crippen LogP contribution in [0.15, 0.2) is 73.8 Å². The van der Waals surface area contributed by atoms with Crippen molar-refractivity contribution in [3.05, 3.63) is 92.5 Å². The summed E-state index contributed by atoms with van der Waals surface area (Å²) in [4.78, 5) is 38.6. The Balaban J connectivity index is 1.37. The Morgan fingerprint density at radius 2 is 1.78 bits per heavy atom. The summed E-state index contributed by atoms with van der Waals surface area (Å²) in [5.74, 6) is -1.02. The lowest BCUT2D eigenvalue weighted by Gasteiger charge is -2.21. The molecular weight excluding hydrogens is 570 g/mol. The largest absolute Gasteiger partial charge is 0.443 e. The molecule has 41 heavy (non-hydrogen) atoms. The lowest BCUT2D eigenvalue weighted by Crippen LogP contribution is -2.41. The van der Waals surface area contributed by atoms with E-state index in [4.69, 9.17) is 4.42 Å². The van der Waals surface area contributed by atoms with Crippen molar-refractivity contribution >= 4 is 26.8 Å². The van der Waals surface area contributed by atoms with Crippen LogP contribution in [0.25, 0.3) is 16.7 Å². The summed E-state index contributed by atoms with van der Waals surface area (Å²) in [6, 6.07) is 7.56. The Hall–Kier alpha value is -4.04. The molecule has 1 aliphatic rings. The van der Waals surface area contributed by atoms with Crippen molar-refractivity contribution in [2.45, 2.75) is 43.0 Å². The number of benzene rings is 2. The molecule has 1 atom stereocenters. The first-order valence-electron chi connectivity index (χ1n) is 12.5. The number of nitrogens with zero attached hydrogens (tertiary/aromatic N) is 3. The number of alkyl halides is 3. The minimum absolute atomic E-state index is 0.0482. The first kappa shape index (κ1) is 28.5. The molecule has 0 N–H and O–H groups in total. The molecule has 5 rings (SSSR count). The molecule has 0 spiro atoms. The van der Waals surface area contributed by atoms with Crippen molar-refractivity contribution in [1.29, 1.82) is 0 Å². The molecule has 4 aromatic rings. The molecule has 0 bridgehead atoms. The van der Waals surface area contributed by atoms with Crippen molar-refractivity contribution in [3.63, 3.8) is 0 Å². The summed E-state index contributed by atoms with van der Waals surface area (Å²) in [5, 5.41) is -0.167.